The molecule has 13 heavy (non-hydrogen) atoms. The Morgan fingerprint density at radius 3 is 2.85 bits per heavy atom. The third kappa shape index (κ3) is 4.89. The van der Waals surface area contributed by atoms with Crippen LogP contribution in [-0.4, -0.2) is 28.9 Å². The predicted octanol–water partition coefficient (Wildman–Crippen LogP) is 1.98. The number of nitrogens with one attached hydrogen (secondary N) is 1. The van der Waals surface area contributed by atoms with Crippen LogP contribution in [0.2, 0.25) is 0 Å². The topological polar surface area (TPSA) is 32.3 Å². The highest BCUT2D eigenvalue weighted by atomic mass is 32.2. The van der Waals surface area contributed by atoms with E-state index in [-0.39, 0.29) is 6.23 Å². The van der Waals surface area contributed by atoms with E-state index < -0.39 is 0 Å². The molecule has 0 aliphatic carbocycles. The zero-order valence-electron chi connectivity index (χ0n) is 8.46. The maximum atomic E-state index is 9.22. The summed E-state index contributed by atoms with van der Waals surface area (Å²) in [5.41, 5.74) is 0. The van der Waals surface area contributed by atoms with Crippen molar-refractivity contribution in [2.24, 2.45) is 0 Å². The normalized spacial score (nSPS) is 28.2. The molecule has 0 aromatic heterocycles. The minimum Gasteiger partial charge on any atom is -0.379 e. The van der Waals surface area contributed by atoms with Gasteiger partial charge in [-0.1, -0.05) is 19.8 Å². The van der Waals surface area contributed by atoms with Crippen molar-refractivity contribution in [2.45, 2.75) is 51.3 Å². The molecule has 78 valence electrons. The lowest BCUT2D eigenvalue weighted by Crippen LogP contribution is -2.30. The van der Waals surface area contributed by atoms with Crippen molar-refractivity contribution in [3.63, 3.8) is 0 Å². The van der Waals surface area contributed by atoms with Gasteiger partial charge in [-0.2, -0.15) is 11.8 Å². The second-order valence-corrected chi connectivity index (χ2v) is 4.89. The summed E-state index contributed by atoms with van der Waals surface area (Å²) in [6.45, 7) is 2.24. The lowest BCUT2D eigenvalue weighted by atomic mass is 10.2. The van der Waals surface area contributed by atoms with Gasteiger partial charge in [0.1, 0.15) is 6.23 Å². The van der Waals surface area contributed by atoms with Gasteiger partial charge in [-0.25, -0.2) is 0 Å². The quantitative estimate of drug-likeness (QED) is 0.647. The van der Waals surface area contributed by atoms with E-state index in [1.54, 1.807) is 0 Å². The first kappa shape index (κ1) is 11.3. The third-order valence-corrected chi connectivity index (χ3v) is 3.64. The fraction of sp³-hybridized carbons (Fsp3) is 1.00. The van der Waals surface area contributed by atoms with Crippen LogP contribution in [0.25, 0.3) is 0 Å². The first-order valence-electron chi connectivity index (χ1n) is 5.34. The van der Waals surface area contributed by atoms with Crippen molar-refractivity contribution in [1.82, 2.24) is 5.32 Å². The predicted molar refractivity (Wildman–Crippen MR) is 59.0 cm³/mol. The molecule has 1 rings (SSSR count). The lowest BCUT2D eigenvalue weighted by Gasteiger charge is -2.10. The molecule has 0 bridgehead atoms. The molecule has 2 atom stereocenters. The fourth-order valence-corrected chi connectivity index (χ4v) is 2.73. The smallest absolute Gasteiger partial charge is 0.105 e. The van der Waals surface area contributed by atoms with Crippen molar-refractivity contribution in [3.05, 3.63) is 0 Å². The Balaban J connectivity index is 1.88. The van der Waals surface area contributed by atoms with Gasteiger partial charge in [-0.3, -0.25) is 5.32 Å². The highest BCUT2D eigenvalue weighted by Gasteiger charge is 2.20. The molecule has 0 saturated carbocycles. The summed E-state index contributed by atoms with van der Waals surface area (Å²) in [6.07, 6.45) is 5.84. The van der Waals surface area contributed by atoms with Gasteiger partial charge >= 0.3 is 0 Å². The summed E-state index contributed by atoms with van der Waals surface area (Å²) in [5, 5.41) is 12.4. The molecular weight excluding hydrogens is 182 g/mol. The molecule has 1 unspecified atom stereocenters. The average Bonchev–Trinajstić information content (AvgIpc) is 2.51. The summed E-state index contributed by atoms with van der Waals surface area (Å²) >= 11 is 2.02. The first-order valence-corrected chi connectivity index (χ1v) is 6.50. The van der Waals surface area contributed by atoms with Crippen LogP contribution in [0.3, 0.4) is 0 Å². The van der Waals surface area contributed by atoms with Crippen LogP contribution in [0.4, 0.5) is 0 Å². The number of thioether (sulfide) groups is 1. The molecule has 0 amide bonds. The Hall–Kier alpha value is 0.270. The van der Waals surface area contributed by atoms with Crippen LogP contribution < -0.4 is 5.32 Å². The average molecular weight is 203 g/mol. The largest absolute Gasteiger partial charge is 0.379 e. The summed E-state index contributed by atoms with van der Waals surface area (Å²) < 4.78 is 0. The van der Waals surface area contributed by atoms with Crippen LogP contribution >= 0.6 is 11.8 Å². The van der Waals surface area contributed by atoms with Crippen LogP contribution in [-0.2, 0) is 0 Å². The monoisotopic (exact) mass is 203 g/mol. The van der Waals surface area contributed by atoms with Crippen molar-refractivity contribution < 1.29 is 5.11 Å². The second-order valence-electron chi connectivity index (χ2n) is 3.74. The van der Waals surface area contributed by atoms with Gasteiger partial charge in [0.15, 0.2) is 0 Å². The van der Waals surface area contributed by atoms with E-state index >= 15 is 0 Å². The Bertz CT molecular complexity index is 132. The van der Waals surface area contributed by atoms with Gasteiger partial charge in [-0.05, 0) is 25.0 Å². The van der Waals surface area contributed by atoms with Gasteiger partial charge < -0.3 is 5.11 Å². The molecular formula is C10H21NOS. The Morgan fingerprint density at radius 1 is 1.38 bits per heavy atom. The standard InChI is InChI=1S/C10H21NOS/c1-2-3-4-7-13-8-9-5-6-10(12)11-9/h9-12H,2-8H2,1H3/t9-,10?/m0/s1. The van der Waals surface area contributed by atoms with Gasteiger partial charge in [0.05, 0.1) is 0 Å². The number of aliphatic hydroxyl groups is 1. The molecule has 1 fully saturated rings. The van der Waals surface area contributed by atoms with Gasteiger partial charge in [0, 0.05) is 11.8 Å². The van der Waals surface area contributed by atoms with Crippen molar-refractivity contribution in [3.8, 4) is 0 Å². The van der Waals surface area contributed by atoms with Crippen LogP contribution in [0, 0.1) is 0 Å². The minimum absolute atomic E-state index is 0.235. The highest BCUT2D eigenvalue weighted by molar-refractivity contribution is 7.99. The molecule has 1 aliphatic heterocycles. The summed E-state index contributed by atoms with van der Waals surface area (Å²) in [5.74, 6) is 2.45. The van der Waals surface area contributed by atoms with Crippen molar-refractivity contribution in [1.29, 1.82) is 0 Å². The Labute approximate surface area is 85.5 Å². The Kier molecular flexibility index (Phi) is 5.83. The SMILES string of the molecule is CCCCCSC[C@@H]1CCC(O)N1. The van der Waals surface area contributed by atoms with Crippen LogP contribution in [0.1, 0.15) is 39.0 Å². The van der Waals surface area contributed by atoms with E-state index in [1.807, 2.05) is 11.8 Å². The maximum absolute atomic E-state index is 9.22. The molecule has 1 heterocycles. The molecule has 0 spiro atoms. The summed E-state index contributed by atoms with van der Waals surface area (Å²) in [4.78, 5) is 0. The molecule has 3 heteroatoms. The van der Waals surface area contributed by atoms with Gasteiger partial charge in [0.25, 0.3) is 0 Å². The number of hydrogen-bond donors (Lipinski definition) is 2. The number of rotatable bonds is 6. The summed E-state index contributed by atoms with van der Waals surface area (Å²) in [7, 11) is 0. The van der Waals surface area contributed by atoms with Crippen molar-refractivity contribution >= 4 is 11.8 Å². The molecule has 0 radical (unpaired) electrons. The zero-order valence-corrected chi connectivity index (χ0v) is 9.28. The van der Waals surface area contributed by atoms with Gasteiger partial charge in [0.2, 0.25) is 0 Å². The van der Waals surface area contributed by atoms with E-state index in [0.29, 0.717) is 6.04 Å². The zero-order chi connectivity index (χ0) is 9.52. The van der Waals surface area contributed by atoms with E-state index in [2.05, 4.69) is 12.2 Å². The van der Waals surface area contributed by atoms with Crippen molar-refractivity contribution in [2.75, 3.05) is 11.5 Å². The number of aliphatic hydroxyl groups excluding tert-OH is 1. The van der Waals surface area contributed by atoms with E-state index in [1.165, 1.54) is 30.8 Å². The molecule has 0 aromatic rings. The van der Waals surface area contributed by atoms with E-state index in [9.17, 15) is 5.11 Å². The van der Waals surface area contributed by atoms with Crippen LogP contribution in [0.5, 0.6) is 0 Å². The van der Waals surface area contributed by atoms with Crippen LogP contribution in [0.15, 0.2) is 0 Å². The second kappa shape index (κ2) is 6.68. The molecule has 2 nitrogen and oxygen atoms in total. The highest BCUT2D eigenvalue weighted by Crippen LogP contribution is 2.16. The third-order valence-electron chi connectivity index (χ3n) is 2.43. The molecule has 1 aliphatic rings. The van der Waals surface area contributed by atoms with E-state index in [4.69, 9.17) is 0 Å². The number of unbranched alkanes of at least 4 members (excludes halogenated alkanes) is 2. The molecule has 2 N–H and O–H groups in total. The molecule has 0 aromatic carbocycles. The van der Waals surface area contributed by atoms with Gasteiger partial charge in [-0.15, -0.1) is 0 Å². The number of hydrogen-bond acceptors (Lipinski definition) is 3. The maximum Gasteiger partial charge on any atom is 0.105 e. The lowest BCUT2D eigenvalue weighted by molar-refractivity contribution is 0.156. The van der Waals surface area contributed by atoms with E-state index in [0.717, 1.165) is 12.8 Å². The fourth-order valence-electron chi connectivity index (χ4n) is 1.61. The Morgan fingerprint density at radius 2 is 2.23 bits per heavy atom. The first-order chi connectivity index (χ1) is 6.33. The minimum atomic E-state index is -0.235. The summed E-state index contributed by atoms with van der Waals surface area (Å²) in [6, 6.07) is 0.557. The molecule has 1 saturated heterocycles.